The second-order valence-corrected chi connectivity index (χ2v) is 8.67. The number of amides is 1. The number of carbonyl (C=O) groups is 1. The SMILES string of the molecule is CC(C)c1ccc(CCNC(=O)CNc2cccc(S(C)(=O)=O)c2)cc1. The van der Waals surface area contributed by atoms with Crippen LogP contribution in [0.15, 0.2) is 53.4 Å². The number of nitrogens with one attached hydrogen (secondary N) is 2. The minimum Gasteiger partial charge on any atom is -0.376 e. The van der Waals surface area contributed by atoms with Crippen LogP contribution in [0.5, 0.6) is 0 Å². The normalized spacial score (nSPS) is 11.4. The molecule has 0 aliphatic rings. The topological polar surface area (TPSA) is 75.3 Å². The first-order valence-electron chi connectivity index (χ1n) is 8.65. The lowest BCUT2D eigenvalue weighted by Crippen LogP contribution is -2.31. The molecule has 0 bridgehead atoms. The van der Waals surface area contributed by atoms with E-state index in [0.717, 1.165) is 12.7 Å². The summed E-state index contributed by atoms with van der Waals surface area (Å²) in [5, 5.41) is 5.81. The molecule has 2 N–H and O–H groups in total. The Morgan fingerprint density at radius 1 is 1.08 bits per heavy atom. The van der Waals surface area contributed by atoms with E-state index >= 15 is 0 Å². The van der Waals surface area contributed by atoms with Crippen LogP contribution in [0.2, 0.25) is 0 Å². The first-order chi connectivity index (χ1) is 12.3. The molecule has 2 aromatic carbocycles. The monoisotopic (exact) mass is 374 g/mol. The van der Waals surface area contributed by atoms with E-state index in [2.05, 4.69) is 48.7 Å². The molecule has 0 spiro atoms. The van der Waals surface area contributed by atoms with E-state index in [1.165, 1.54) is 23.3 Å². The summed E-state index contributed by atoms with van der Waals surface area (Å²) >= 11 is 0. The number of sulfone groups is 1. The molecule has 0 saturated heterocycles. The maximum atomic E-state index is 11.9. The number of hydrogen-bond acceptors (Lipinski definition) is 4. The van der Waals surface area contributed by atoms with Gasteiger partial charge in [0.25, 0.3) is 0 Å². The van der Waals surface area contributed by atoms with Gasteiger partial charge in [0, 0.05) is 18.5 Å². The third-order valence-corrected chi connectivity index (χ3v) is 5.21. The summed E-state index contributed by atoms with van der Waals surface area (Å²) in [5.41, 5.74) is 3.09. The zero-order chi connectivity index (χ0) is 19.2. The van der Waals surface area contributed by atoms with Crippen LogP contribution >= 0.6 is 0 Å². The molecule has 2 rings (SSSR count). The summed E-state index contributed by atoms with van der Waals surface area (Å²) in [4.78, 5) is 12.2. The molecule has 0 radical (unpaired) electrons. The first-order valence-corrected chi connectivity index (χ1v) is 10.5. The molecule has 6 heteroatoms. The minimum atomic E-state index is -3.26. The van der Waals surface area contributed by atoms with Crippen LogP contribution in [0.3, 0.4) is 0 Å². The zero-order valence-corrected chi connectivity index (χ0v) is 16.3. The molecule has 26 heavy (non-hydrogen) atoms. The highest BCUT2D eigenvalue weighted by molar-refractivity contribution is 7.90. The van der Waals surface area contributed by atoms with Gasteiger partial charge in [-0.2, -0.15) is 0 Å². The van der Waals surface area contributed by atoms with Crippen molar-refractivity contribution in [1.29, 1.82) is 0 Å². The van der Waals surface area contributed by atoms with Gasteiger partial charge in [-0.25, -0.2) is 8.42 Å². The second-order valence-electron chi connectivity index (χ2n) is 6.65. The van der Waals surface area contributed by atoms with Crippen molar-refractivity contribution >= 4 is 21.4 Å². The van der Waals surface area contributed by atoms with Crippen molar-refractivity contribution in [2.75, 3.05) is 24.7 Å². The molecule has 0 aliphatic carbocycles. The van der Waals surface area contributed by atoms with E-state index in [1.54, 1.807) is 12.1 Å². The average molecular weight is 375 g/mol. The van der Waals surface area contributed by atoms with Crippen LogP contribution in [0.1, 0.15) is 30.9 Å². The Kier molecular flexibility index (Phi) is 6.80. The summed E-state index contributed by atoms with van der Waals surface area (Å²) in [6.07, 6.45) is 1.93. The third kappa shape index (κ3) is 6.19. The van der Waals surface area contributed by atoms with Gasteiger partial charge in [0.2, 0.25) is 5.91 Å². The van der Waals surface area contributed by atoms with Crippen LogP contribution in [0.25, 0.3) is 0 Å². The molecule has 0 saturated carbocycles. The lowest BCUT2D eigenvalue weighted by molar-refractivity contribution is -0.119. The molecule has 0 heterocycles. The summed E-state index contributed by atoms with van der Waals surface area (Å²) in [6.45, 7) is 4.98. The molecular weight excluding hydrogens is 348 g/mol. The van der Waals surface area contributed by atoms with Gasteiger partial charge in [-0.1, -0.05) is 44.2 Å². The van der Waals surface area contributed by atoms with Crippen LogP contribution < -0.4 is 10.6 Å². The highest BCUT2D eigenvalue weighted by Gasteiger charge is 2.08. The molecule has 0 aliphatic heterocycles. The summed E-state index contributed by atoms with van der Waals surface area (Å²) in [7, 11) is -3.26. The Bertz CT molecular complexity index is 844. The number of hydrogen-bond donors (Lipinski definition) is 2. The Labute approximate surface area is 155 Å². The van der Waals surface area contributed by atoms with Gasteiger partial charge in [-0.15, -0.1) is 0 Å². The molecule has 5 nitrogen and oxygen atoms in total. The van der Waals surface area contributed by atoms with Crippen molar-refractivity contribution in [3.8, 4) is 0 Å². The number of rotatable bonds is 8. The smallest absolute Gasteiger partial charge is 0.239 e. The third-order valence-electron chi connectivity index (χ3n) is 4.10. The Balaban J connectivity index is 1.77. The predicted octanol–water partition coefficient (Wildman–Crippen LogP) is 2.98. The summed E-state index contributed by atoms with van der Waals surface area (Å²) in [5.74, 6) is 0.379. The maximum Gasteiger partial charge on any atom is 0.239 e. The zero-order valence-electron chi connectivity index (χ0n) is 15.5. The number of carbonyl (C=O) groups excluding carboxylic acids is 1. The maximum absolute atomic E-state index is 11.9. The Hall–Kier alpha value is -2.34. The molecule has 140 valence electrons. The number of anilines is 1. The fraction of sp³-hybridized carbons (Fsp3) is 0.350. The van der Waals surface area contributed by atoms with E-state index in [9.17, 15) is 13.2 Å². The summed E-state index contributed by atoms with van der Waals surface area (Å²) < 4.78 is 23.1. The molecule has 0 fully saturated rings. The van der Waals surface area contributed by atoms with Gasteiger partial charge in [0.1, 0.15) is 0 Å². The van der Waals surface area contributed by atoms with E-state index in [-0.39, 0.29) is 17.3 Å². The van der Waals surface area contributed by atoms with Crippen LogP contribution in [0.4, 0.5) is 5.69 Å². The van der Waals surface area contributed by atoms with E-state index in [1.807, 2.05) is 0 Å². The van der Waals surface area contributed by atoms with Gasteiger partial charge >= 0.3 is 0 Å². The van der Waals surface area contributed by atoms with Gasteiger partial charge in [-0.3, -0.25) is 4.79 Å². The van der Waals surface area contributed by atoms with Gasteiger partial charge < -0.3 is 10.6 Å². The lowest BCUT2D eigenvalue weighted by Gasteiger charge is -2.10. The molecule has 2 aromatic rings. The summed E-state index contributed by atoms with van der Waals surface area (Å²) in [6, 6.07) is 14.9. The van der Waals surface area contributed by atoms with Crippen LogP contribution in [-0.2, 0) is 21.1 Å². The first kappa shape index (κ1) is 20.0. The van der Waals surface area contributed by atoms with E-state index in [4.69, 9.17) is 0 Å². The van der Waals surface area contributed by atoms with Crippen molar-refractivity contribution in [1.82, 2.24) is 5.32 Å². The average Bonchev–Trinajstić information content (AvgIpc) is 2.60. The van der Waals surface area contributed by atoms with Gasteiger partial charge in [-0.05, 0) is 41.7 Å². The Morgan fingerprint density at radius 3 is 2.38 bits per heavy atom. The lowest BCUT2D eigenvalue weighted by atomic mass is 10.0. The minimum absolute atomic E-state index is 0.0967. The molecular formula is C20H26N2O3S. The van der Waals surface area contributed by atoms with Crippen molar-refractivity contribution in [2.45, 2.75) is 31.1 Å². The van der Waals surface area contributed by atoms with Gasteiger partial charge in [0.05, 0.1) is 11.4 Å². The molecule has 0 atom stereocenters. The quantitative estimate of drug-likeness (QED) is 0.745. The highest BCUT2D eigenvalue weighted by atomic mass is 32.2. The van der Waals surface area contributed by atoms with E-state index < -0.39 is 9.84 Å². The van der Waals surface area contributed by atoms with Crippen molar-refractivity contribution in [3.63, 3.8) is 0 Å². The Morgan fingerprint density at radius 2 is 1.77 bits per heavy atom. The largest absolute Gasteiger partial charge is 0.376 e. The molecule has 0 unspecified atom stereocenters. The van der Waals surface area contributed by atoms with Crippen molar-refractivity contribution in [3.05, 3.63) is 59.7 Å². The highest BCUT2D eigenvalue weighted by Crippen LogP contribution is 2.15. The van der Waals surface area contributed by atoms with Crippen LogP contribution in [0, 0.1) is 0 Å². The van der Waals surface area contributed by atoms with Crippen molar-refractivity contribution in [2.24, 2.45) is 0 Å². The number of benzene rings is 2. The molecule has 1 amide bonds. The van der Waals surface area contributed by atoms with E-state index in [0.29, 0.717) is 18.2 Å². The fourth-order valence-electron chi connectivity index (χ4n) is 2.50. The molecule has 0 aromatic heterocycles. The second kappa shape index (κ2) is 8.85. The predicted molar refractivity (Wildman–Crippen MR) is 105 cm³/mol. The standard InChI is InChI=1S/C20H26N2O3S/c1-15(2)17-9-7-16(8-10-17)11-12-21-20(23)14-22-18-5-4-6-19(13-18)26(3,24)25/h4-10,13,15,22H,11-12,14H2,1-3H3,(H,21,23). The van der Waals surface area contributed by atoms with Crippen LogP contribution in [-0.4, -0.2) is 33.7 Å². The van der Waals surface area contributed by atoms with Crippen molar-refractivity contribution < 1.29 is 13.2 Å². The van der Waals surface area contributed by atoms with Gasteiger partial charge in [0.15, 0.2) is 9.84 Å². The fourth-order valence-corrected chi connectivity index (χ4v) is 3.16.